The molecule has 3 heteroatoms. The Bertz CT molecular complexity index is 308. The topological polar surface area (TPSA) is 43.4 Å². The van der Waals surface area contributed by atoms with Gasteiger partial charge >= 0.3 is 5.97 Å². The van der Waals surface area contributed by atoms with E-state index in [2.05, 4.69) is 13.5 Å². The number of carbonyl (C=O) groups is 2. The SMILES string of the molecule is C=C(C)COC(=O)CC(=O)CCCCCCCCCCC. The lowest BCUT2D eigenvalue weighted by atomic mass is 10.0. The van der Waals surface area contributed by atoms with Crippen molar-refractivity contribution in [3.05, 3.63) is 12.2 Å². The van der Waals surface area contributed by atoms with Crippen LogP contribution in [0.15, 0.2) is 12.2 Å². The Morgan fingerprint density at radius 3 is 1.95 bits per heavy atom. The van der Waals surface area contributed by atoms with Gasteiger partial charge in [0.2, 0.25) is 0 Å². The molecule has 0 N–H and O–H groups in total. The molecule has 0 heterocycles. The largest absolute Gasteiger partial charge is 0.461 e. The lowest BCUT2D eigenvalue weighted by Gasteiger charge is -2.04. The highest BCUT2D eigenvalue weighted by atomic mass is 16.5. The molecule has 0 rings (SSSR count). The van der Waals surface area contributed by atoms with Gasteiger partial charge in [-0.2, -0.15) is 0 Å². The maximum atomic E-state index is 11.6. The molecule has 0 aliphatic rings. The van der Waals surface area contributed by atoms with Gasteiger partial charge in [0.25, 0.3) is 0 Å². The summed E-state index contributed by atoms with van der Waals surface area (Å²) in [5.74, 6) is -0.441. The zero-order chi connectivity index (χ0) is 15.9. The summed E-state index contributed by atoms with van der Waals surface area (Å²) in [7, 11) is 0. The van der Waals surface area contributed by atoms with Crippen LogP contribution in [0.4, 0.5) is 0 Å². The quantitative estimate of drug-likeness (QED) is 0.196. The molecule has 0 saturated carbocycles. The molecule has 0 spiro atoms. The fourth-order valence-corrected chi connectivity index (χ4v) is 2.14. The summed E-state index contributed by atoms with van der Waals surface area (Å²) in [6.07, 6.45) is 11.5. The minimum Gasteiger partial charge on any atom is -0.461 e. The van der Waals surface area contributed by atoms with Crippen LogP contribution in [0, 0.1) is 0 Å². The van der Waals surface area contributed by atoms with E-state index in [4.69, 9.17) is 4.74 Å². The first-order valence-corrected chi connectivity index (χ1v) is 8.38. The average molecular weight is 296 g/mol. The number of Topliss-reactive ketones (excluding diaryl/α,β-unsaturated/α-hetero) is 1. The summed E-state index contributed by atoms with van der Waals surface area (Å²) in [5.41, 5.74) is 0.787. The van der Waals surface area contributed by atoms with Gasteiger partial charge in [-0.3, -0.25) is 9.59 Å². The monoisotopic (exact) mass is 296 g/mol. The van der Waals surface area contributed by atoms with E-state index in [1.165, 1.54) is 44.9 Å². The van der Waals surface area contributed by atoms with Crippen molar-refractivity contribution in [3.63, 3.8) is 0 Å². The first-order chi connectivity index (χ1) is 10.1. The smallest absolute Gasteiger partial charge is 0.313 e. The highest BCUT2D eigenvalue weighted by Crippen LogP contribution is 2.11. The third-order valence-corrected chi connectivity index (χ3v) is 3.38. The van der Waals surface area contributed by atoms with Gasteiger partial charge in [-0.25, -0.2) is 0 Å². The van der Waals surface area contributed by atoms with E-state index in [-0.39, 0.29) is 18.8 Å². The molecule has 0 aromatic rings. The first kappa shape index (κ1) is 19.9. The molecule has 0 aromatic heterocycles. The highest BCUT2D eigenvalue weighted by Gasteiger charge is 2.10. The van der Waals surface area contributed by atoms with Gasteiger partial charge in [-0.15, -0.1) is 0 Å². The van der Waals surface area contributed by atoms with Crippen molar-refractivity contribution in [3.8, 4) is 0 Å². The Morgan fingerprint density at radius 1 is 0.905 bits per heavy atom. The van der Waals surface area contributed by atoms with Crippen LogP contribution >= 0.6 is 0 Å². The molecule has 3 nitrogen and oxygen atoms in total. The lowest BCUT2D eigenvalue weighted by molar-refractivity contribution is -0.145. The van der Waals surface area contributed by atoms with Crippen LogP contribution in [0.25, 0.3) is 0 Å². The number of rotatable bonds is 14. The molecule has 0 saturated heterocycles. The zero-order valence-corrected chi connectivity index (χ0v) is 13.9. The summed E-state index contributed by atoms with van der Waals surface area (Å²) in [5, 5.41) is 0. The predicted octanol–water partition coefficient (Wildman–Crippen LogP) is 4.99. The van der Waals surface area contributed by atoms with E-state index in [0.717, 1.165) is 18.4 Å². The Labute approximate surface area is 130 Å². The maximum absolute atomic E-state index is 11.6. The molecule has 0 fully saturated rings. The normalized spacial score (nSPS) is 10.4. The molecule has 0 amide bonds. The van der Waals surface area contributed by atoms with Crippen LogP contribution < -0.4 is 0 Å². The van der Waals surface area contributed by atoms with Gasteiger partial charge in [-0.1, -0.05) is 64.9 Å². The minimum atomic E-state index is -0.432. The van der Waals surface area contributed by atoms with Crippen molar-refractivity contribution in [2.75, 3.05) is 6.61 Å². The molecule has 122 valence electrons. The van der Waals surface area contributed by atoms with Crippen molar-refractivity contribution < 1.29 is 14.3 Å². The summed E-state index contributed by atoms with van der Waals surface area (Å²) < 4.78 is 4.91. The Hall–Kier alpha value is -1.12. The van der Waals surface area contributed by atoms with E-state index in [0.29, 0.717) is 6.42 Å². The van der Waals surface area contributed by atoms with E-state index < -0.39 is 5.97 Å². The Kier molecular flexibility index (Phi) is 13.1. The van der Waals surface area contributed by atoms with Crippen LogP contribution in [-0.4, -0.2) is 18.4 Å². The first-order valence-electron chi connectivity index (χ1n) is 8.38. The van der Waals surface area contributed by atoms with Crippen LogP contribution in [0.2, 0.25) is 0 Å². The van der Waals surface area contributed by atoms with Crippen molar-refractivity contribution in [2.24, 2.45) is 0 Å². The van der Waals surface area contributed by atoms with Crippen LogP contribution in [0.3, 0.4) is 0 Å². The summed E-state index contributed by atoms with van der Waals surface area (Å²) in [6, 6.07) is 0. The van der Waals surface area contributed by atoms with Crippen molar-refractivity contribution >= 4 is 11.8 Å². The number of hydrogen-bond donors (Lipinski definition) is 0. The summed E-state index contributed by atoms with van der Waals surface area (Å²) in [4.78, 5) is 22.9. The van der Waals surface area contributed by atoms with Crippen molar-refractivity contribution in [2.45, 2.75) is 84.5 Å². The van der Waals surface area contributed by atoms with E-state index >= 15 is 0 Å². The Morgan fingerprint density at radius 2 is 1.43 bits per heavy atom. The van der Waals surface area contributed by atoms with Gasteiger partial charge in [0, 0.05) is 6.42 Å². The van der Waals surface area contributed by atoms with E-state index in [9.17, 15) is 9.59 Å². The van der Waals surface area contributed by atoms with Gasteiger partial charge in [-0.05, 0) is 18.9 Å². The second kappa shape index (κ2) is 13.8. The van der Waals surface area contributed by atoms with Crippen molar-refractivity contribution in [1.29, 1.82) is 0 Å². The molecule has 0 unspecified atom stereocenters. The van der Waals surface area contributed by atoms with Crippen LogP contribution in [0.5, 0.6) is 0 Å². The zero-order valence-electron chi connectivity index (χ0n) is 13.9. The number of hydrogen-bond acceptors (Lipinski definition) is 3. The molecule has 0 radical (unpaired) electrons. The average Bonchev–Trinajstić information content (AvgIpc) is 2.43. The van der Waals surface area contributed by atoms with E-state index in [1.807, 2.05) is 0 Å². The molecular weight excluding hydrogens is 264 g/mol. The fourth-order valence-electron chi connectivity index (χ4n) is 2.14. The lowest BCUT2D eigenvalue weighted by Crippen LogP contribution is -2.12. The van der Waals surface area contributed by atoms with Crippen LogP contribution in [-0.2, 0) is 14.3 Å². The number of ether oxygens (including phenoxy) is 1. The van der Waals surface area contributed by atoms with Crippen LogP contribution in [0.1, 0.15) is 84.5 Å². The predicted molar refractivity (Wildman–Crippen MR) is 87.2 cm³/mol. The fraction of sp³-hybridized carbons (Fsp3) is 0.778. The third kappa shape index (κ3) is 15.1. The molecule has 0 aliphatic carbocycles. The minimum absolute atomic E-state index is 0.00957. The van der Waals surface area contributed by atoms with E-state index in [1.54, 1.807) is 6.92 Å². The van der Waals surface area contributed by atoms with Crippen molar-refractivity contribution in [1.82, 2.24) is 0 Å². The van der Waals surface area contributed by atoms with Gasteiger partial charge in [0.05, 0.1) is 0 Å². The molecule has 0 atom stereocenters. The number of unbranched alkanes of at least 4 members (excludes halogenated alkanes) is 8. The summed E-state index contributed by atoms with van der Waals surface area (Å²) in [6.45, 7) is 7.87. The summed E-state index contributed by atoms with van der Waals surface area (Å²) >= 11 is 0. The molecular formula is C18H32O3. The number of ketones is 1. The highest BCUT2D eigenvalue weighted by molar-refractivity contribution is 5.95. The molecule has 21 heavy (non-hydrogen) atoms. The number of esters is 1. The maximum Gasteiger partial charge on any atom is 0.313 e. The standard InChI is InChI=1S/C18H32O3/c1-4-5-6-7-8-9-10-11-12-13-17(19)14-18(20)21-15-16(2)3/h2,4-15H2,1,3H3. The number of carbonyl (C=O) groups excluding carboxylic acids is 2. The van der Waals surface area contributed by atoms with Gasteiger partial charge < -0.3 is 4.74 Å². The molecule has 0 bridgehead atoms. The second-order valence-corrected chi connectivity index (χ2v) is 5.91. The molecule has 0 aliphatic heterocycles. The second-order valence-electron chi connectivity index (χ2n) is 5.91. The molecule has 0 aromatic carbocycles. The Balaban J connectivity index is 3.37. The van der Waals surface area contributed by atoms with Gasteiger partial charge in [0.15, 0.2) is 0 Å². The van der Waals surface area contributed by atoms with Gasteiger partial charge in [0.1, 0.15) is 18.8 Å². The third-order valence-electron chi connectivity index (χ3n) is 3.38.